The SMILES string of the molecule is CCOC(=O)C1CCN(Cc2ccc3cc(OC4CC5C=CC4C5)ccc3c2)CC1. The van der Waals surface area contributed by atoms with Crippen molar-refractivity contribution in [2.24, 2.45) is 17.8 Å². The third kappa shape index (κ3) is 4.11. The van der Waals surface area contributed by atoms with Crippen molar-refractivity contribution < 1.29 is 14.3 Å². The maximum absolute atomic E-state index is 11.9. The molecule has 3 unspecified atom stereocenters. The smallest absolute Gasteiger partial charge is 0.309 e. The fourth-order valence-corrected chi connectivity index (χ4v) is 5.33. The molecule has 2 aromatic carbocycles. The van der Waals surface area contributed by atoms with Crippen LogP contribution in [0.3, 0.4) is 0 Å². The average Bonchev–Trinajstić information content (AvgIpc) is 3.38. The van der Waals surface area contributed by atoms with Gasteiger partial charge in [-0.05, 0) is 86.1 Å². The normalized spacial score (nSPS) is 26.4. The summed E-state index contributed by atoms with van der Waals surface area (Å²) in [5.41, 5.74) is 1.32. The molecule has 3 atom stereocenters. The molecular formula is C26H31NO3. The predicted octanol–water partition coefficient (Wildman–Crippen LogP) is 4.96. The highest BCUT2D eigenvalue weighted by atomic mass is 16.5. The first kappa shape index (κ1) is 19.6. The van der Waals surface area contributed by atoms with Crippen molar-refractivity contribution in [3.05, 3.63) is 54.1 Å². The van der Waals surface area contributed by atoms with Crippen molar-refractivity contribution in [1.29, 1.82) is 0 Å². The molecule has 1 saturated carbocycles. The van der Waals surface area contributed by atoms with Gasteiger partial charge >= 0.3 is 5.97 Å². The lowest BCUT2D eigenvalue weighted by Crippen LogP contribution is -2.36. The summed E-state index contributed by atoms with van der Waals surface area (Å²) in [5.74, 6) is 2.36. The molecule has 4 heteroatoms. The Hall–Kier alpha value is -2.33. The van der Waals surface area contributed by atoms with Crippen LogP contribution in [0.15, 0.2) is 48.6 Å². The average molecular weight is 406 g/mol. The van der Waals surface area contributed by atoms with E-state index < -0.39 is 0 Å². The number of benzene rings is 2. The molecule has 1 aliphatic heterocycles. The van der Waals surface area contributed by atoms with Crippen LogP contribution in [0.2, 0.25) is 0 Å². The minimum Gasteiger partial charge on any atom is -0.490 e. The van der Waals surface area contributed by atoms with E-state index in [-0.39, 0.29) is 11.9 Å². The number of rotatable bonds is 6. The molecule has 0 radical (unpaired) electrons. The maximum atomic E-state index is 11.9. The number of hydrogen-bond donors (Lipinski definition) is 0. The summed E-state index contributed by atoms with van der Waals surface area (Å²) < 4.78 is 11.5. The molecule has 1 heterocycles. The molecular weight excluding hydrogens is 374 g/mol. The largest absolute Gasteiger partial charge is 0.490 e. The summed E-state index contributed by atoms with van der Waals surface area (Å²) in [7, 11) is 0. The van der Waals surface area contributed by atoms with Gasteiger partial charge in [-0.1, -0.05) is 30.4 Å². The number of hydrogen-bond acceptors (Lipinski definition) is 4. The lowest BCUT2D eigenvalue weighted by atomic mass is 9.96. The Morgan fingerprint density at radius 2 is 1.83 bits per heavy atom. The van der Waals surface area contributed by atoms with E-state index in [2.05, 4.69) is 53.5 Å². The van der Waals surface area contributed by atoms with Crippen LogP contribution in [0.1, 0.15) is 38.2 Å². The van der Waals surface area contributed by atoms with E-state index in [1.54, 1.807) is 0 Å². The zero-order valence-corrected chi connectivity index (χ0v) is 17.8. The zero-order valence-electron chi connectivity index (χ0n) is 17.8. The molecule has 1 saturated heterocycles. The first-order valence-corrected chi connectivity index (χ1v) is 11.4. The van der Waals surface area contributed by atoms with Gasteiger partial charge in [-0.2, -0.15) is 0 Å². The standard InChI is InChI=1S/C26H31NO3/c1-2-29-26(28)20-9-11-27(12-10-20)17-19-4-5-22-16-24(8-7-21(22)14-19)30-25-15-18-3-6-23(25)13-18/h3-8,14,16,18,20,23,25H,2,9-13,15,17H2,1H3. The molecule has 2 bridgehead atoms. The van der Waals surface area contributed by atoms with Crippen molar-refractivity contribution in [2.45, 2.75) is 45.3 Å². The molecule has 4 nitrogen and oxygen atoms in total. The highest BCUT2D eigenvalue weighted by molar-refractivity contribution is 5.84. The van der Waals surface area contributed by atoms with Crippen LogP contribution in [0.4, 0.5) is 0 Å². The van der Waals surface area contributed by atoms with Gasteiger partial charge in [0.05, 0.1) is 12.5 Å². The first-order valence-electron chi connectivity index (χ1n) is 11.4. The summed E-state index contributed by atoms with van der Waals surface area (Å²) in [6.45, 7) is 5.18. The second kappa shape index (κ2) is 8.43. The molecule has 0 spiro atoms. The molecule has 2 fully saturated rings. The topological polar surface area (TPSA) is 38.8 Å². The van der Waals surface area contributed by atoms with Gasteiger partial charge in [0.1, 0.15) is 11.9 Å². The number of nitrogens with zero attached hydrogens (tertiary/aromatic N) is 1. The minimum atomic E-state index is -0.0256. The Morgan fingerprint density at radius 1 is 1.03 bits per heavy atom. The van der Waals surface area contributed by atoms with E-state index in [0.29, 0.717) is 18.6 Å². The van der Waals surface area contributed by atoms with Crippen molar-refractivity contribution in [1.82, 2.24) is 4.90 Å². The van der Waals surface area contributed by atoms with E-state index in [4.69, 9.17) is 9.47 Å². The maximum Gasteiger partial charge on any atom is 0.309 e. The Morgan fingerprint density at radius 3 is 2.57 bits per heavy atom. The van der Waals surface area contributed by atoms with Gasteiger partial charge in [-0.25, -0.2) is 0 Å². The fourth-order valence-electron chi connectivity index (χ4n) is 5.33. The lowest BCUT2D eigenvalue weighted by Gasteiger charge is -2.30. The quantitative estimate of drug-likeness (QED) is 0.503. The number of esters is 1. The van der Waals surface area contributed by atoms with Crippen molar-refractivity contribution in [2.75, 3.05) is 19.7 Å². The van der Waals surface area contributed by atoms with E-state index in [1.807, 2.05) is 6.92 Å². The first-order chi connectivity index (χ1) is 14.7. The number of carbonyl (C=O) groups excluding carboxylic acids is 1. The van der Waals surface area contributed by atoms with Gasteiger partial charge in [0.15, 0.2) is 0 Å². The van der Waals surface area contributed by atoms with Gasteiger partial charge < -0.3 is 9.47 Å². The van der Waals surface area contributed by atoms with Gasteiger partial charge in [-0.3, -0.25) is 9.69 Å². The van der Waals surface area contributed by atoms with Crippen LogP contribution < -0.4 is 4.74 Å². The molecule has 30 heavy (non-hydrogen) atoms. The second-order valence-corrected chi connectivity index (χ2v) is 9.08. The molecule has 0 aromatic heterocycles. The van der Waals surface area contributed by atoms with E-state index in [9.17, 15) is 4.79 Å². The number of likely N-dealkylation sites (tertiary alicyclic amines) is 1. The molecule has 2 aliphatic carbocycles. The highest BCUT2D eigenvalue weighted by Gasteiger charge is 2.37. The van der Waals surface area contributed by atoms with Crippen molar-refractivity contribution in [3.63, 3.8) is 0 Å². The number of ether oxygens (including phenoxy) is 2. The number of fused-ring (bicyclic) bond motifs is 3. The monoisotopic (exact) mass is 405 g/mol. The summed E-state index contributed by atoms with van der Waals surface area (Å²) in [6, 6.07) is 13.2. The van der Waals surface area contributed by atoms with Crippen molar-refractivity contribution in [3.8, 4) is 5.75 Å². The number of carbonyl (C=O) groups is 1. The Balaban J connectivity index is 1.19. The van der Waals surface area contributed by atoms with Crippen LogP contribution in [0, 0.1) is 17.8 Å². The van der Waals surface area contributed by atoms with Crippen molar-refractivity contribution >= 4 is 16.7 Å². The fraction of sp³-hybridized carbons (Fsp3) is 0.500. The number of allylic oxidation sites excluding steroid dienone is 1. The molecule has 158 valence electrons. The van der Waals surface area contributed by atoms with Gasteiger partial charge in [0.2, 0.25) is 0 Å². The van der Waals surface area contributed by atoms with Gasteiger partial charge in [0.25, 0.3) is 0 Å². The zero-order chi connectivity index (χ0) is 20.5. The molecule has 0 amide bonds. The Labute approximate surface area is 178 Å². The molecule has 3 aliphatic rings. The van der Waals surface area contributed by atoms with Crippen LogP contribution in [0.25, 0.3) is 10.8 Å². The van der Waals surface area contributed by atoms with E-state index in [0.717, 1.165) is 50.6 Å². The third-order valence-corrected chi connectivity index (χ3v) is 7.00. The Bertz CT molecular complexity index is 944. The summed E-state index contributed by atoms with van der Waals surface area (Å²) in [6.07, 6.45) is 9.24. The number of piperidine rings is 1. The second-order valence-electron chi connectivity index (χ2n) is 9.08. The van der Waals surface area contributed by atoms with Crippen LogP contribution in [-0.4, -0.2) is 36.7 Å². The lowest BCUT2D eigenvalue weighted by molar-refractivity contribution is -0.149. The molecule has 5 rings (SSSR count). The molecule has 0 N–H and O–H groups in total. The van der Waals surface area contributed by atoms with Crippen LogP contribution in [0.5, 0.6) is 5.75 Å². The van der Waals surface area contributed by atoms with Crippen LogP contribution >= 0.6 is 0 Å². The predicted molar refractivity (Wildman–Crippen MR) is 118 cm³/mol. The third-order valence-electron chi connectivity index (χ3n) is 7.00. The Kier molecular flexibility index (Phi) is 5.51. The van der Waals surface area contributed by atoms with Gasteiger partial charge in [-0.15, -0.1) is 0 Å². The molecule has 2 aromatic rings. The summed E-state index contributed by atoms with van der Waals surface area (Å²) >= 11 is 0. The summed E-state index contributed by atoms with van der Waals surface area (Å²) in [5, 5.41) is 2.49. The highest BCUT2D eigenvalue weighted by Crippen LogP contribution is 2.41. The van der Waals surface area contributed by atoms with E-state index >= 15 is 0 Å². The minimum absolute atomic E-state index is 0.0256. The van der Waals surface area contributed by atoms with Crippen LogP contribution in [-0.2, 0) is 16.1 Å². The van der Waals surface area contributed by atoms with Gasteiger partial charge in [0, 0.05) is 12.5 Å². The van der Waals surface area contributed by atoms with E-state index in [1.165, 1.54) is 22.8 Å². The summed E-state index contributed by atoms with van der Waals surface area (Å²) in [4.78, 5) is 14.4.